The highest BCUT2D eigenvalue weighted by atomic mass is 79.9. The van der Waals surface area contributed by atoms with E-state index in [1.807, 2.05) is 0 Å². The number of alkyl halides is 2. The van der Waals surface area contributed by atoms with Crippen molar-refractivity contribution in [3.63, 3.8) is 0 Å². The highest BCUT2D eigenvalue weighted by molar-refractivity contribution is 9.10. The number of hydrogen-bond donors (Lipinski definition) is 2. The largest absolute Gasteiger partial charge is 0.487 e. The number of carbonyl (C=O) groups excluding carboxylic acids is 1. The van der Waals surface area contributed by atoms with E-state index in [4.69, 9.17) is 4.74 Å². The van der Waals surface area contributed by atoms with Crippen LogP contribution in [0.5, 0.6) is 5.75 Å². The van der Waals surface area contributed by atoms with E-state index in [2.05, 4.69) is 26.2 Å². The van der Waals surface area contributed by atoms with Crippen LogP contribution in [0.25, 0.3) is 11.0 Å². The maximum atomic E-state index is 16.1. The molecule has 3 aromatic carbocycles. The monoisotopic (exact) mass is 650 g/mol. The number of ether oxygens (including phenoxy) is 1. The second-order valence-electron chi connectivity index (χ2n) is 10.4. The lowest BCUT2D eigenvalue weighted by molar-refractivity contribution is -0.128. The molecule has 0 saturated carbocycles. The molecule has 0 aliphatic carbocycles. The Bertz CT molecular complexity index is 1650. The van der Waals surface area contributed by atoms with E-state index in [9.17, 15) is 23.5 Å². The number of imidazole rings is 1. The summed E-state index contributed by atoms with van der Waals surface area (Å²) in [5.74, 6) is -3.96. The standard InChI is InChI=1S/C29H27BrF4N4O4/c1-29(2,3)27(41)35-13-15-5-10-19(31)25(24(15)34)38(17-8-6-16(30)7-9-17)28-36-20-11-18(26(39)40)22(42-14-23(32)33)12-21(20)37(28)4/h5-12,23H,13-14H2,1-4H3,(H,35,41)(H,39,40). The average Bonchev–Trinajstić information content (AvgIpc) is 3.23. The summed E-state index contributed by atoms with van der Waals surface area (Å²) in [6.07, 6.45) is -2.84. The quantitative estimate of drug-likeness (QED) is 0.188. The van der Waals surface area contributed by atoms with E-state index < -0.39 is 47.3 Å². The van der Waals surface area contributed by atoms with E-state index >= 15 is 8.78 Å². The Balaban J connectivity index is 1.91. The van der Waals surface area contributed by atoms with Crippen LogP contribution >= 0.6 is 15.9 Å². The van der Waals surface area contributed by atoms with Crippen LogP contribution in [0.4, 0.5) is 34.9 Å². The predicted octanol–water partition coefficient (Wildman–Crippen LogP) is 7.09. The van der Waals surface area contributed by atoms with Gasteiger partial charge in [-0.25, -0.2) is 27.3 Å². The molecule has 1 aromatic heterocycles. The van der Waals surface area contributed by atoms with Crippen LogP contribution in [0.15, 0.2) is 53.0 Å². The SMILES string of the molecule is Cn1c(N(c2ccc(Br)cc2)c2c(F)ccc(CNC(=O)C(C)(C)C)c2F)nc2cc(C(=O)O)c(OCC(F)F)cc21. The number of benzene rings is 3. The van der Waals surface area contributed by atoms with Gasteiger partial charge in [-0.15, -0.1) is 0 Å². The van der Waals surface area contributed by atoms with E-state index in [1.165, 1.54) is 28.6 Å². The third kappa shape index (κ3) is 6.35. The molecule has 42 heavy (non-hydrogen) atoms. The Morgan fingerprint density at radius 3 is 2.38 bits per heavy atom. The maximum absolute atomic E-state index is 16.1. The minimum Gasteiger partial charge on any atom is -0.487 e. The summed E-state index contributed by atoms with van der Waals surface area (Å²) in [7, 11) is 1.52. The summed E-state index contributed by atoms with van der Waals surface area (Å²) < 4.78 is 64.5. The van der Waals surface area contributed by atoms with Crippen molar-refractivity contribution in [3.8, 4) is 5.75 Å². The Morgan fingerprint density at radius 1 is 1.12 bits per heavy atom. The molecule has 1 amide bonds. The van der Waals surface area contributed by atoms with Gasteiger partial charge in [0, 0.05) is 40.8 Å². The zero-order chi connectivity index (χ0) is 30.9. The van der Waals surface area contributed by atoms with Crippen LogP contribution in [0.2, 0.25) is 0 Å². The minimum absolute atomic E-state index is 0.0108. The molecule has 0 saturated heterocycles. The fourth-order valence-corrected chi connectivity index (χ4v) is 4.41. The van der Waals surface area contributed by atoms with Gasteiger partial charge in [0.1, 0.15) is 29.4 Å². The molecule has 222 valence electrons. The topological polar surface area (TPSA) is 96.7 Å². The molecule has 13 heteroatoms. The molecule has 0 aliphatic rings. The molecule has 0 radical (unpaired) electrons. The summed E-state index contributed by atoms with van der Waals surface area (Å²) in [5, 5.41) is 12.3. The van der Waals surface area contributed by atoms with Crippen molar-refractivity contribution in [2.24, 2.45) is 12.5 Å². The minimum atomic E-state index is -2.84. The van der Waals surface area contributed by atoms with Gasteiger partial charge in [0.25, 0.3) is 6.43 Å². The molecule has 0 fully saturated rings. The molecular formula is C29H27BrF4N4O4. The van der Waals surface area contributed by atoms with E-state index in [0.29, 0.717) is 10.2 Å². The van der Waals surface area contributed by atoms with Crippen LogP contribution in [-0.4, -0.2) is 39.6 Å². The van der Waals surface area contributed by atoms with Crippen molar-refractivity contribution in [2.45, 2.75) is 33.7 Å². The number of amides is 1. The second kappa shape index (κ2) is 12.0. The number of anilines is 3. The van der Waals surface area contributed by atoms with Crippen LogP contribution in [0.3, 0.4) is 0 Å². The lowest BCUT2D eigenvalue weighted by atomic mass is 9.95. The zero-order valence-electron chi connectivity index (χ0n) is 23.0. The van der Waals surface area contributed by atoms with Crippen molar-refractivity contribution in [1.82, 2.24) is 14.9 Å². The van der Waals surface area contributed by atoms with E-state index in [-0.39, 0.29) is 40.7 Å². The fraction of sp³-hybridized carbons (Fsp3) is 0.276. The molecule has 0 aliphatic heterocycles. The molecule has 2 N–H and O–H groups in total. The molecule has 1 heterocycles. The lowest BCUT2D eigenvalue weighted by Gasteiger charge is -2.26. The molecular weight excluding hydrogens is 624 g/mol. The van der Waals surface area contributed by atoms with Crippen molar-refractivity contribution >= 4 is 56.2 Å². The number of halogens is 5. The highest BCUT2D eigenvalue weighted by Gasteiger charge is 2.29. The number of aromatic nitrogens is 2. The molecule has 8 nitrogen and oxygen atoms in total. The van der Waals surface area contributed by atoms with E-state index in [1.54, 1.807) is 45.0 Å². The second-order valence-corrected chi connectivity index (χ2v) is 11.3. The third-order valence-corrected chi connectivity index (χ3v) is 6.86. The number of rotatable bonds is 9. The number of aromatic carboxylic acids is 1. The van der Waals surface area contributed by atoms with Crippen LogP contribution in [0, 0.1) is 17.0 Å². The van der Waals surface area contributed by atoms with Gasteiger partial charge in [0.05, 0.1) is 11.0 Å². The molecule has 4 rings (SSSR count). The number of nitrogens with one attached hydrogen (secondary N) is 1. The molecule has 4 aromatic rings. The molecule has 0 unspecified atom stereocenters. The molecule has 0 bridgehead atoms. The summed E-state index contributed by atoms with van der Waals surface area (Å²) in [6, 6.07) is 11.2. The molecule has 0 atom stereocenters. The number of nitrogens with zero attached hydrogens (tertiary/aromatic N) is 3. The molecule has 0 spiro atoms. The van der Waals surface area contributed by atoms with Crippen molar-refractivity contribution < 1.29 is 37.0 Å². The van der Waals surface area contributed by atoms with Crippen molar-refractivity contribution in [1.29, 1.82) is 0 Å². The summed E-state index contributed by atoms with van der Waals surface area (Å²) in [6.45, 7) is 3.87. The maximum Gasteiger partial charge on any atom is 0.339 e. The zero-order valence-corrected chi connectivity index (χ0v) is 24.6. The Kier molecular flexibility index (Phi) is 8.81. The number of carboxylic acid groups (broad SMARTS) is 1. The van der Waals surface area contributed by atoms with Gasteiger partial charge in [-0.2, -0.15) is 0 Å². The summed E-state index contributed by atoms with van der Waals surface area (Å²) in [4.78, 5) is 30.0. The van der Waals surface area contributed by atoms with Gasteiger partial charge < -0.3 is 19.7 Å². The van der Waals surface area contributed by atoms with Crippen LogP contribution in [0.1, 0.15) is 36.7 Å². The number of carboxylic acids is 1. The average molecular weight is 651 g/mol. The van der Waals surface area contributed by atoms with Gasteiger partial charge in [0.15, 0.2) is 5.82 Å². The normalized spacial score (nSPS) is 11.7. The Labute approximate surface area is 247 Å². The number of aryl methyl sites for hydroxylation is 1. The first-order valence-corrected chi connectivity index (χ1v) is 13.4. The van der Waals surface area contributed by atoms with Gasteiger partial charge in [-0.3, -0.25) is 9.69 Å². The first-order valence-electron chi connectivity index (χ1n) is 12.6. The van der Waals surface area contributed by atoms with Crippen LogP contribution in [-0.2, 0) is 18.4 Å². The van der Waals surface area contributed by atoms with Crippen molar-refractivity contribution in [3.05, 3.63) is 75.8 Å². The first-order chi connectivity index (χ1) is 19.7. The highest BCUT2D eigenvalue weighted by Crippen LogP contribution is 2.40. The Morgan fingerprint density at radius 2 is 1.79 bits per heavy atom. The van der Waals surface area contributed by atoms with Gasteiger partial charge >= 0.3 is 5.97 Å². The van der Waals surface area contributed by atoms with Gasteiger partial charge in [-0.1, -0.05) is 42.8 Å². The third-order valence-electron chi connectivity index (χ3n) is 6.33. The van der Waals surface area contributed by atoms with Crippen molar-refractivity contribution in [2.75, 3.05) is 11.5 Å². The van der Waals surface area contributed by atoms with Crippen LogP contribution < -0.4 is 15.0 Å². The number of carbonyl (C=O) groups is 2. The predicted molar refractivity (Wildman–Crippen MR) is 153 cm³/mol. The van der Waals surface area contributed by atoms with Gasteiger partial charge in [0.2, 0.25) is 11.9 Å². The number of hydrogen-bond acceptors (Lipinski definition) is 5. The lowest BCUT2D eigenvalue weighted by Crippen LogP contribution is -2.34. The fourth-order valence-electron chi connectivity index (χ4n) is 4.15. The Hall–Kier alpha value is -4.13. The summed E-state index contributed by atoms with van der Waals surface area (Å²) >= 11 is 3.34. The number of fused-ring (bicyclic) bond motifs is 1. The van der Waals surface area contributed by atoms with Gasteiger partial charge in [-0.05, 0) is 36.4 Å². The van der Waals surface area contributed by atoms with E-state index in [0.717, 1.165) is 12.1 Å². The first kappa shape index (κ1) is 30.8. The summed E-state index contributed by atoms with van der Waals surface area (Å²) in [5.41, 5.74) is -0.939. The smallest absolute Gasteiger partial charge is 0.339 e.